The summed E-state index contributed by atoms with van der Waals surface area (Å²) in [5.74, 6) is -0.816. The van der Waals surface area contributed by atoms with Crippen LogP contribution in [0.25, 0.3) is 0 Å². The molecule has 0 bridgehead atoms. The summed E-state index contributed by atoms with van der Waals surface area (Å²) in [4.78, 5) is 11.8. The topological polar surface area (TPSA) is 110 Å². The van der Waals surface area contributed by atoms with Gasteiger partial charge in [-0.3, -0.25) is 9.11 Å². The summed E-state index contributed by atoms with van der Waals surface area (Å²) in [5, 5.41) is -1.18. The summed E-state index contributed by atoms with van der Waals surface area (Å²) in [6.07, 6.45) is 0. The van der Waals surface area contributed by atoms with Gasteiger partial charge in [-0.05, 0) is 31.2 Å². The lowest BCUT2D eigenvalue weighted by Crippen LogP contribution is -2.18. The Balaban J connectivity index is 2.03. The van der Waals surface area contributed by atoms with Gasteiger partial charge in [0.15, 0.2) is 16.4 Å². The van der Waals surface area contributed by atoms with Gasteiger partial charge in [-0.25, -0.2) is 13.2 Å². The van der Waals surface area contributed by atoms with Crippen molar-refractivity contribution in [1.82, 2.24) is 0 Å². The van der Waals surface area contributed by atoms with Crippen LogP contribution in [0, 0.1) is 0 Å². The third kappa shape index (κ3) is 3.81. The average Bonchev–Trinajstić information content (AvgIpc) is 2.93. The first kappa shape index (κ1) is 19.7. The van der Waals surface area contributed by atoms with Crippen LogP contribution in [0.15, 0.2) is 58.3 Å². The second-order valence-corrected chi connectivity index (χ2v) is 10.2. The highest BCUT2D eigenvalue weighted by molar-refractivity contribution is 8.25. The zero-order valence-electron chi connectivity index (χ0n) is 14.6. The molecule has 7 nitrogen and oxygen atoms in total. The Morgan fingerprint density at radius 1 is 1.15 bits per heavy atom. The zero-order chi connectivity index (χ0) is 19.7. The molecule has 0 fully saturated rings. The maximum Gasteiger partial charge on any atom is 0.344 e. The minimum absolute atomic E-state index is 0.0817. The van der Waals surface area contributed by atoms with Gasteiger partial charge in [0.25, 0.3) is 0 Å². The molecule has 1 aliphatic rings. The van der Waals surface area contributed by atoms with Crippen LogP contribution < -0.4 is 4.74 Å². The van der Waals surface area contributed by atoms with Crippen molar-refractivity contribution >= 4 is 26.4 Å². The summed E-state index contributed by atoms with van der Waals surface area (Å²) < 4.78 is 57.4. The van der Waals surface area contributed by atoms with Gasteiger partial charge in [0.05, 0.1) is 22.2 Å². The Morgan fingerprint density at radius 3 is 2.52 bits per heavy atom. The highest BCUT2D eigenvalue weighted by Crippen LogP contribution is 2.63. The summed E-state index contributed by atoms with van der Waals surface area (Å²) in [6.45, 7) is 1.46. The van der Waals surface area contributed by atoms with E-state index in [4.69, 9.17) is 9.47 Å². The van der Waals surface area contributed by atoms with Gasteiger partial charge >= 0.3 is 5.97 Å². The number of hydrogen-bond donors (Lipinski definition) is 2. The predicted octanol–water partition coefficient (Wildman–Crippen LogP) is 3.27. The smallest absolute Gasteiger partial charge is 0.344 e. The number of benzene rings is 2. The summed E-state index contributed by atoms with van der Waals surface area (Å²) in [7, 11) is -7.18. The standard InChI is InChI=1S/C18H20O7S2/c1-2-24-17(19)11-25-14-9-6-10-15-18(14)16(12-26(15,20)21)27(22,23)13-7-4-3-5-8-13/h3-10,16,20-21H,2,11-12H2,1H3. The largest absolute Gasteiger partial charge is 0.482 e. The molecular weight excluding hydrogens is 392 g/mol. The molecule has 146 valence electrons. The highest BCUT2D eigenvalue weighted by atomic mass is 32.3. The van der Waals surface area contributed by atoms with E-state index in [1.165, 1.54) is 30.3 Å². The van der Waals surface area contributed by atoms with E-state index in [0.29, 0.717) is 0 Å². The van der Waals surface area contributed by atoms with Gasteiger partial charge in [0, 0.05) is 5.56 Å². The van der Waals surface area contributed by atoms with Crippen LogP contribution in [0.2, 0.25) is 0 Å². The van der Waals surface area contributed by atoms with Crippen LogP contribution in [0.1, 0.15) is 17.7 Å². The van der Waals surface area contributed by atoms with Crippen molar-refractivity contribution in [3.8, 4) is 5.75 Å². The molecule has 1 atom stereocenters. The van der Waals surface area contributed by atoms with Crippen molar-refractivity contribution < 1.29 is 31.8 Å². The number of hydrogen-bond acceptors (Lipinski definition) is 7. The third-order valence-electron chi connectivity index (χ3n) is 4.18. The maximum absolute atomic E-state index is 13.1. The number of esters is 1. The van der Waals surface area contributed by atoms with Crippen molar-refractivity contribution in [3.05, 3.63) is 54.1 Å². The van der Waals surface area contributed by atoms with Gasteiger partial charge in [0.2, 0.25) is 0 Å². The molecule has 0 saturated carbocycles. The van der Waals surface area contributed by atoms with Crippen LogP contribution in [-0.4, -0.2) is 42.5 Å². The van der Waals surface area contributed by atoms with Crippen molar-refractivity contribution in [2.24, 2.45) is 0 Å². The number of carbonyl (C=O) groups is 1. The molecule has 0 amide bonds. The lowest BCUT2D eigenvalue weighted by Gasteiger charge is -2.27. The number of rotatable bonds is 6. The van der Waals surface area contributed by atoms with Crippen LogP contribution in [0.5, 0.6) is 5.75 Å². The fourth-order valence-electron chi connectivity index (χ4n) is 2.99. The first-order valence-corrected chi connectivity index (χ1v) is 11.5. The minimum atomic E-state index is -3.89. The number of fused-ring (bicyclic) bond motifs is 1. The highest BCUT2D eigenvalue weighted by Gasteiger charge is 2.45. The van der Waals surface area contributed by atoms with Gasteiger partial charge in [-0.2, -0.15) is 10.6 Å². The monoisotopic (exact) mass is 412 g/mol. The van der Waals surface area contributed by atoms with Crippen molar-refractivity contribution in [3.63, 3.8) is 0 Å². The Morgan fingerprint density at radius 2 is 1.85 bits per heavy atom. The van der Waals surface area contributed by atoms with Crippen molar-refractivity contribution in [1.29, 1.82) is 0 Å². The first-order valence-electron chi connectivity index (χ1n) is 8.23. The number of ether oxygens (including phenoxy) is 2. The molecule has 9 heteroatoms. The van der Waals surface area contributed by atoms with E-state index in [0.717, 1.165) is 0 Å². The molecular formula is C18H20O7S2. The molecule has 27 heavy (non-hydrogen) atoms. The van der Waals surface area contributed by atoms with E-state index in [2.05, 4.69) is 0 Å². The second-order valence-electron chi connectivity index (χ2n) is 5.94. The van der Waals surface area contributed by atoms with Crippen LogP contribution in [0.3, 0.4) is 0 Å². The molecule has 1 unspecified atom stereocenters. The SMILES string of the molecule is CCOC(=O)COc1cccc2c1C(S(=O)(=O)c1ccccc1)CS2(O)O. The first-order chi connectivity index (χ1) is 12.8. The lowest BCUT2D eigenvalue weighted by molar-refractivity contribution is -0.145. The van der Waals surface area contributed by atoms with E-state index in [1.54, 1.807) is 25.1 Å². The van der Waals surface area contributed by atoms with Gasteiger partial charge in [-0.1, -0.05) is 24.3 Å². The maximum atomic E-state index is 13.1. The quantitative estimate of drug-likeness (QED) is 0.701. The fraction of sp³-hybridized carbons (Fsp3) is 0.278. The summed E-state index contributed by atoms with van der Waals surface area (Å²) in [6, 6.07) is 12.3. The molecule has 0 aromatic heterocycles. The molecule has 0 aliphatic carbocycles. The van der Waals surface area contributed by atoms with Crippen LogP contribution in [0.4, 0.5) is 0 Å². The van der Waals surface area contributed by atoms with E-state index < -0.39 is 38.3 Å². The normalized spacial score (nSPS) is 19.1. The average molecular weight is 412 g/mol. The van der Waals surface area contributed by atoms with Gasteiger partial charge in [-0.15, -0.1) is 0 Å². The van der Waals surface area contributed by atoms with Crippen LogP contribution in [-0.2, 0) is 19.4 Å². The van der Waals surface area contributed by atoms with E-state index in [9.17, 15) is 22.3 Å². The number of sulfone groups is 1. The van der Waals surface area contributed by atoms with E-state index in [-0.39, 0.29) is 33.5 Å². The molecule has 1 aliphatic heterocycles. The lowest BCUT2D eigenvalue weighted by atomic mass is 10.1. The predicted molar refractivity (Wildman–Crippen MR) is 101 cm³/mol. The third-order valence-corrected chi connectivity index (χ3v) is 8.33. The molecule has 0 saturated heterocycles. The van der Waals surface area contributed by atoms with Gasteiger partial charge in [0.1, 0.15) is 11.0 Å². The molecule has 1 heterocycles. The number of carbonyl (C=O) groups excluding carboxylic acids is 1. The molecule has 2 aromatic carbocycles. The molecule has 0 spiro atoms. The Bertz CT molecular complexity index is 939. The van der Waals surface area contributed by atoms with Crippen molar-refractivity contribution in [2.45, 2.75) is 22.0 Å². The molecule has 2 aromatic rings. The zero-order valence-corrected chi connectivity index (χ0v) is 16.2. The Hall–Kier alpha value is -2.07. The second kappa shape index (κ2) is 7.51. The molecule has 0 radical (unpaired) electrons. The molecule has 3 rings (SSSR count). The molecule has 2 N–H and O–H groups in total. The fourth-order valence-corrected chi connectivity index (χ4v) is 7.43. The van der Waals surface area contributed by atoms with Gasteiger partial charge < -0.3 is 9.47 Å². The Kier molecular flexibility index (Phi) is 5.48. The van der Waals surface area contributed by atoms with Crippen molar-refractivity contribution in [2.75, 3.05) is 19.0 Å². The van der Waals surface area contributed by atoms with Crippen LogP contribution >= 0.6 is 10.6 Å². The Labute approximate surface area is 159 Å². The minimum Gasteiger partial charge on any atom is -0.482 e. The van der Waals surface area contributed by atoms with E-state index in [1.807, 2.05) is 0 Å². The van der Waals surface area contributed by atoms with E-state index >= 15 is 0 Å². The summed E-state index contributed by atoms with van der Waals surface area (Å²) >= 11 is 0. The summed E-state index contributed by atoms with van der Waals surface area (Å²) in [5.41, 5.74) is 0.186.